The van der Waals surface area contributed by atoms with Gasteiger partial charge in [-0.2, -0.15) is 9.78 Å². The predicted molar refractivity (Wildman–Crippen MR) is 86.1 cm³/mol. The van der Waals surface area contributed by atoms with Crippen LogP contribution in [0.4, 0.5) is 4.39 Å². The van der Waals surface area contributed by atoms with Gasteiger partial charge in [0.1, 0.15) is 11.5 Å². The summed E-state index contributed by atoms with van der Waals surface area (Å²) in [5.74, 6) is -2.40. The van der Waals surface area contributed by atoms with Gasteiger partial charge in [-0.3, -0.25) is 14.4 Å². The zero-order valence-electron chi connectivity index (χ0n) is 13.3. The Hall–Kier alpha value is -3.03. The molecule has 1 atom stereocenters. The number of hydrogen-bond acceptors (Lipinski definition) is 4. The first-order chi connectivity index (χ1) is 12.0. The molecule has 0 unspecified atom stereocenters. The molecule has 0 aliphatic carbocycles. The van der Waals surface area contributed by atoms with Gasteiger partial charge in [0, 0.05) is 19.2 Å². The fourth-order valence-corrected chi connectivity index (χ4v) is 2.82. The molecule has 3 rings (SSSR count). The maximum absolute atomic E-state index is 13.0. The van der Waals surface area contributed by atoms with E-state index in [4.69, 9.17) is 5.11 Å². The number of halogens is 1. The van der Waals surface area contributed by atoms with Crippen molar-refractivity contribution in [2.75, 3.05) is 13.1 Å². The van der Waals surface area contributed by atoms with E-state index in [-0.39, 0.29) is 12.2 Å². The number of amides is 1. The Labute approximate surface area is 142 Å². The Kier molecular flexibility index (Phi) is 4.60. The molecule has 1 aromatic heterocycles. The van der Waals surface area contributed by atoms with E-state index in [1.54, 1.807) is 0 Å². The number of carbonyl (C=O) groups excluding carboxylic acids is 1. The van der Waals surface area contributed by atoms with Crippen molar-refractivity contribution in [2.24, 2.45) is 5.92 Å². The average Bonchev–Trinajstić information content (AvgIpc) is 2.62. The fraction of sp³-hybridized carbons (Fsp3) is 0.294. The number of carbonyl (C=O) groups is 2. The minimum absolute atomic E-state index is 0.0370. The van der Waals surface area contributed by atoms with Crippen molar-refractivity contribution in [3.63, 3.8) is 0 Å². The highest BCUT2D eigenvalue weighted by molar-refractivity contribution is 5.92. The molecule has 2 heterocycles. The van der Waals surface area contributed by atoms with Crippen LogP contribution >= 0.6 is 0 Å². The monoisotopic (exact) mass is 345 g/mol. The zero-order chi connectivity index (χ0) is 18.0. The van der Waals surface area contributed by atoms with E-state index in [1.165, 1.54) is 41.3 Å². The van der Waals surface area contributed by atoms with E-state index >= 15 is 0 Å². The van der Waals surface area contributed by atoms with Crippen LogP contribution in [0.5, 0.6) is 0 Å². The molecule has 2 aromatic rings. The minimum Gasteiger partial charge on any atom is -0.481 e. The molecule has 130 valence electrons. The molecule has 1 amide bonds. The molecule has 1 saturated heterocycles. The van der Waals surface area contributed by atoms with Crippen LogP contribution in [-0.4, -0.2) is 44.8 Å². The lowest BCUT2D eigenvalue weighted by atomic mass is 9.98. The van der Waals surface area contributed by atoms with Crippen molar-refractivity contribution in [1.29, 1.82) is 0 Å². The lowest BCUT2D eigenvalue weighted by Gasteiger charge is -2.30. The van der Waals surface area contributed by atoms with Crippen LogP contribution in [0.1, 0.15) is 23.3 Å². The van der Waals surface area contributed by atoms with E-state index in [0.717, 1.165) is 4.68 Å². The second-order valence-electron chi connectivity index (χ2n) is 5.87. The number of benzene rings is 1. The molecule has 0 saturated carbocycles. The molecule has 0 bridgehead atoms. The van der Waals surface area contributed by atoms with E-state index in [9.17, 15) is 18.8 Å². The molecule has 1 aliphatic rings. The van der Waals surface area contributed by atoms with Crippen molar-refractivity contribution >= 4 is 11.9 Å². The van der Waals surface area contributed by atoms with Gasteiger partial charge < -0.3 is 10.0 Å². The molecule has 1 N–H and O–H groups in total. The summed E-state index contributed by atoms with van der Waals surface area (Å²) in [7, 11) is 0. The number of rotatable bonds is 3. The Morgan fingerprint density at radius 1 is 1.16 bits per heavy atom. The molecule has 1 aliphatic heterocycles. The number of aliphatic carboxylic acids is 1. The van der Waals surface area contributed by atoms with Crippen molar-refractivity contribution in [2.45, 2.75) is 12.8 Å². The third kappa shape index (κ3) is 3.57. The molecule has 1 aromatic carbocycles. The normalized spacial score (nSPS) is 17.3. The first-order valence-electron chi connectivity index (χ1n) is 7.84. The van der Waals surface area contributed by atoms with Crippen molar-refractivity contribution in [3.8, 4) is 5.69 Å². The maximum Gasteiger partial charge on any atom is 0.308 e. The third-order valence-corrected chi connectivity index (χ3v) is 4.15. The number of carboxylic acid groups (broad SMARTS) is 1. The number of carboxylic acids is 1. The Balaban J connectivity index is 1.89. The van der Waals surface area contributed by atoms with Crippen LogP contribution < -0.4 is 5.56 Å². The number of piperidine rings is 1. The Morgan fingerprint density at radius 3 is 2.56 bits per heavy atom. The summed E-state index contributed by atoms with van der Waals surface area (Å²) in [6, 6.07) is 7.69. The van der Waals surface area contributed by atoms with Gasteiger partial charge in [-0.1, -0.05) is 0 Å². The van der Waals surface area contributed by atoms with Gasteiger partial charge in [0.05, 0.1) is 11.6 Å². The van der Waals surface area contributed by atoms with Gasteiger partial charge in [-0.25, -0.2) is 4.39 Å². The molecule has 0 radical (unpaired) electrons. The van der Waals surface area contributed by atoms with E-state index in [1.807, 2.05) is 0 Å². The van der Waals surface area contributed by atoms with E-state index in [2.05, 4.69) is 5.10 Å². The van der Waals surface area contributed by atoms with Gasteiger partial charge in [0.25, 0.3) is 11.5 Å². The summed E-state index contributed by atoms with van der Waals surface area (Å²) in [6.07, 6.45) is 1.13. The zero-order valence-corrected chi connectivity index (χ0v) is 13.3. The molecular weight excluding hydrogens is 329 g/mol. The van der Waals surface area contributed by atoms with Gasteiger partial charge in [0.2, 0.25) is 0 Å². The molecule has 7 nitrogen and oxygen atoms in total. The van der Waals surface area contributed by atoms with Crippen molar-refractivity contribution in [1.82, 2.24) is 14.7 Å². The highest BCUT2D eigenvalue weighted by Crippen LogP contribution is 2.18. The number of aromatic nitrogens is 2. The third-order valence-electron chi connectivity index (χ3n) is 4.15. The highest BCUT2D eigenvalue weighted by Gasteiger charge is 2.29. The summed E-state index contributed by atoms with van der Waals surface area (Å²) >= 11 is 0. The van der Waals surface area contributed by atoms with Crippen LogP contribution in [0.2, 0.25) is 0 Å². The van der Waals surface area contributed by atoms with Gasteiger partial charge >= 0.3 is 5.97 Å². The summed E-state index contributed by atoms with van der Waals surface area (Å²) in [4.78, 5) is 37.2. The Morgan fingerprint density at radius 2 is 1.88 bits per heavy atom. The first-order valence-corrected chi connectivity index (χ1v) is 7.84. The van der Waals surface area contributed by atoms with Gasteiger partial charge in [-0.15, -0.1) is 0 Å². The summed E-state index contributed by atoms with van der Waals surface area (Å²) in [5.41, 5.74) is -0.0803. The molecule has 25 heavy (non-hydrogen) atoms. The highest BCUT2D eigenvalue weighted by atomic mass is 19.1. The quantitative estimate of drug-likeness (QED) is 0.905. The lowest BCUT2D eigenvalue weighted by molar-refractivity contribution is -0.143. The molecule has 1 fully saturated rings. The van der Waals surface area contributed by atoms with Crippen molar-refractivity contribution < 1.29 is 19.1 Å². The van der Waals surface area contributed by atoms with E-state index < -0.39 is 29.2 Å². The van der Waals surface area contributed by atoms with E-state index in [0.29, 0.717) is 25.1 Å². The second kappa shape index (κ2) is 6.84. The molecular formula is C17H16FN3O4. The SMILES string of the molecule is O=C(O)[C@H]1CCCN(C(=O)c2ccc(=O)n(-c3ccc(F)cc3)n2)C1. The van der Waals surface area contributed by atoms with Crippen molar-refractivity contribution in [3.05, 3.63) is 58.3 Å². The predicted octanol–water partition coefficient (Wildman–Crippen LogP) is 1.31. The summed E-state index contributed by atoms with van der Waals surface area (Å²) in [6.45, 7) is 0.561. The number of hydrogen-bond donors (Lipinski definition) is 1. The van der Waals surface area contributed by atoms with Crippen LogP contribution in [0, 0.1) is 11.7 Å². The Bertz CT molecular complexity index is 863. The minimum atomic E-state index is -0.929. The second-order valence-corrected chi connectivity index (χ2v) is 5.87. The van der Waals surface area contributed by atoms with Gasteiger partial charge in [-0.05, 0) is 43.2 Å². The molecule has 0 spiro atoms. The number of likely N-dealkylation sites (tertiary alicyclic amines) is 1. The summed E-state index contributed by atoms with van der Waals surface area (Å²) in [5, 5.41) is 13.2. The first kappa shape index (κ1) is 16.8. The van der Waals surface area contributed by atoms with Crippen LogP contribution in [0.3, 0.4) is 0 Å². The van der Waals surface area contributed by atoms with Gasteiger partial charge in [0.15, 0.2) is 0 Å². The smallest absolute Gasteiger partial charge is 0.308 e. The number of nitrogens with zero attached hydrogens (tertiary/aromatic N) is 3. The fourth-order valence-electron chi connectivity index (χ4n) is 2.82. The average molecular weight is 345 g/mol. The van der Waals surface area contributed by atoms with Crippen LogP contribution in [0.25, 0.3) is 5.69 Å². The topological polar surface area (TPSA) is 92.5 Å². The van der Waals surface area contributed by atoms with Crippen LogP contribution in [-0.2, 0) is 4.79 Å². The maximum atomic E-state index is 13.0. The standard InChI is InChI=1S/C17H16FN3O4/c18-12-3-5-13(6-4-12)21-15(22)8-7-14(19-21)16(23)20-9-1-2-11(10-20)17(24)25/h3-8,11H,1-2,9-10H2,(H,24,25)/t11-/m0/s1. The van der Waals surface area contributed by atoms with Crippen LogP contribution in [0.15, 0.2) is 41.2 Å². The largest absolute Gasteiger partial charge is 0.481 e. The lowest BCUT2D eigenvalue weighted by Crippen LogP contribution is -2.43. The molecule has 8 heteroatoms. The summed E-state index contributed by atoms with van der Waals surface area (Å²) < 4.78 is 14.1.